The second-order valence-electron chi connectivity index (χ2n) is 6.17. The van der Waals surface area contributed by atoms with E-state index in [0.717, 1.165) is 24.2 Å². The van der Waals surface area contributed by atoms with E-state index in [1.807, 2.05) is 30.3 Å². The lowest BCUT2D eigenvalue weighted by Gasteiger charge is -2.22. The molecule has 1 aliphatic heterocycles. The van der Waals surface area contributed by atoms with Gasteiger partial charge < -0.3 is 10.2 Å². The molecule has 1 unspecified atom stereocenters. The number of primary sulfonamides is 1. The maximum atomic E-state index is 13.3. The van der Waals surface area contributed by atoms with E-state index >= 15 is 0 Å². The van der Waals surface area contributed by atoms with Gasteiger partial charge in [0.2, 0.25) is 10.0 Å². The molecule has 2 aromatic rings. The number of nitrogens with one attached hydrogen (secondary N) is 1. The van der Waals surface area contributed by atoms with Gasteiger partial charge in [-0.3, -0.25) is 0 Å². The predicted molar refractivity (Wildman–Crippen MR) is 93.5 cm³/mol. The summed E-state index contributed by atoms with van der Waals surface area (Å²) in [6.45, 7) is 1.08. The normalized spacial score (nSPS) is 18.2. The summed E-state index contributed by atoms with van der Waals surface area (Å²) >= 11 is 0. The average Bonchev–Trinajstić information content (AvgIpc) is 3.02. The Morgan fingerprint density at radius 3 is 2.42 bits per heavy atom. The largest absolute Gasteiger partial charge is 0.417 e. The van der Waals surface area contributed by atoms with Crippen molar-refractivity contribution >= 4 is 21.4 Å². The lowest BCUT2D eigenvalue weighted by Crippen LogP contribution is -2.26. The highest BCUT2D eigenvalue weighted by molar-refractivity contribution is 7.89. The summed E-state index contributed by atoms with van der Waals surface area (Å²) in [5, 5.41) is 8.26. The van der Waals surface area contributed by atoms with E-state index < -0.39 is 26.7 Å². The van der Waals surface area contributed by atoms with Crippen LogP contribution in [0.25, 0.3) is 0 Å². The second-order valence-corrected chi connectivity index (χ2v) is 7.70. The molecule has 9 heteroatoms. The first-order valence-electron chi connectivity index (χ1n) is 7.95. The Morgan fingerprint density at radius 2 is 1.81 bits per heavy atom. The van der Waals surface area contributed by atoms with Crippen LogP contribution in [-0.4, -0.2) is 27.5 Å². The summed E-state index contributed by atoms with van der Waals surface area (Å²) in [6, 6.07) is 12.8. The zero-order valence-electron chi connectivity index (χ0n) is 13.7. The lowest BCUT2D eigenvalue weighted by atomic mass is 10.2. The molecular formula is C17H18F3N3O2S. The highest BCUT2D eigenvalue weighted by Crippen LogP contribution is 2.37. The third kappa shape index (κ3) is 4.10. The summed E-state index contributed by atoms with van der Waals surface area (Å²) in [5.74, 6) is 0. The van der Waals surface area contributed by atoms with Crippen LogP contribution in [0.3, 0.4) is 0 Å². The zero-order chi connectivity index (χ0) is 18.9. The van der Waals surface area contributed by atoms with Crippen molar-refractivity contribution < 1.29 is 21.6 Å². The maximum Gasteiger partial charge on any atom is 0.417 e. The molecule has 0 saturated carbocycles. The van der Waals surface area contributed by atoms with Gasteiger partial charge in [0.15, 0.2) is 0 Å². The van der Waals surface area contributed by atoms with Gasteiger partial charge in [-0.2, -0.15) is 13.2 Å². The van der Waals surface area contributed by atoms with Crippen molar-refractivity contribution in [2.75, 3.05) is 23.3 Å². The molecule has 2 aromatic carbocycles. The van der Waals surface area contributed by atoms with Crippen LogP contribution in [-0.2, 0) is 16.2 Å². The number of halogens is 3. The molecule has 3 rings (SSSR count). The molecule has 1 heterocycles. The molecule has 0 aromatic heterocycles. The van der Waals surface area contributed by atoms with Crippen molar-refractivity contribution in [3.63, 3.8) is 0 Å². The molecule has 0 radical (unpaired) electrons. The van der Waals surface area contributed by atoms with Crippen molar-refractivity contribution in [3.8, 4) is 0 Å². The van der Waals surface area contributed by atoms with Gasteiger partial charge in [-0.15, -0.1) is 0 Å². The number of para-hydroxylation sites is 1. The minimum absolute atomic E-state index is 0.0876. The number of anilines is 2. The molecule has 140 valence electrons. The lowest BCUT2D eigenvalue weighted by molar-refractivity contribution is -0.139. The summed E-state index contributed by atoms with van der Waals surface area (Å²) in [6.07, 6.45) is -4.05. The van der Waals surface area contributed by atoms with Crippen LogP contribution in [0.5, 0.6) is 0 Å². The number of nitrogens with zero attached hydrogens (tertiary/aromatic N) is 1. The number of hydrogen-bond donors (Lipinski definition) is 2. The quantitative estimate of drug-likeness (QED) is 0.848. The fraction of sp³-hybridized carbons (Fsp3) is 0.294. The van der Waals surface area contributed by atoms with Crippen molar-refractivity contribution in [1.29, 1.82) is 0 Å². The number of alkyl halides is 3. The third-order valence-corrected chi connectivity index (χ3v) is 5.24. The summed E-state index contributed by atoms with van der Waals surface area (Å²) in [4.78, 5) is 0.884. The van der Waals surface area contributed by atoms with Crippen LogP contribution < -0.4 is 15.4 Å². The van der Waals surface area contributed by atoms with Gasteiger partial charge in [-0.25, -0.2) is 13.6 Å². The SMILES string of the molecule is NS(=O)(=O)c1ccc(N2CCC(Nc3ccccc3)C2)cc1C(F)(F)F. The van der Waals surface area contributed by atoms with Crippen LogP contribution >= 0.6 is 0 Å². The number of benzene rings is 2. The number of sulfonamides is 1. The van der Waals surface area contributed by atoms with Gasteiger partial charge in [0, 0.05) is 30.5 Å². The Bertz CT molecular complexity index is 886. The van der Waals surface area contributed by atoms with Gasteiger partial charge in [-0.05, 0) is 36.8 Å². The van der Waals surface area contributed by atoms with E-state index in [-0.39, 0.29) is 6.04 Å². The molecule has 1 atom stereocenters. The number of nitrogens with two attached hydrogens (primary N) is 1. The molecule has 26 heavy (non-hydrogen) atoms. The van der Waals surface area contributed by atoms with Crippen molar-refractivity contribution in [2.24, 2.45) is 5.14 Å². The molecule has 0 bridgehead atoms. The molecular weight excluding hydrogens is 367 g/mol. The van der Waals surface area contributed by atoms with E-state index in [0.29, 0.717) is 18.8 Å². The Labute approximate surface area is 149 Å². The Kier molecular flexibility index (Phi) is 4.85. The van der Waals surface area contributed by atoms with E-state index in [1.54, 1.807) is 4.90 Å². The van der Waals surface area contributed by atoms with Gasteiger partial charge in [0.25, 0.3) is 0 Å². The fourth-order valence-corrected chi connectivity index (χ4v) is 3.81. The van der Waals surface area contributed by atoms with E-state index in [1.165, 1.54) is 6.07 Å². The minimum Gasteiger partial charge on any atom is -0.380 e. The molecule has 1 fully saturated rings. The minimum atomic E-state index is -4.81. The first-order valence-corrected chi connectivity index (χ1v) is 9.50. The van der Waals surface area contributed by atoms with Crippen LogP contribution in [0, 0.1) is 0 Å². The molecule has 0 amide bonds. The first-order chi connectivity index (χ1) is 12.1. The Hall–Kier alpha value is -2.26. The highest BCUT2D eigenvalue weighted by Gasteiger charge is 2.37. The van der Waals surface area contributed by atoms with E-state index in [4.69, 9.17) is 5.14 Å². The first kappa shape index (κ1) is 18.5. The monoisotopic (exact) mass is 385 g/mol. The maximum absolute atomic E-state index is 13.3. The Morgan fingerprint density at radius 1 is 1.12 bits per heavy atom. The summed E-state index contributed by atoms with van der Waals surface area (Å²) in [7, 11) is -4.46. The molecule has 1 aliphatic rings. The van der Waals surface area contributed by atoms with Gasteiger partial charge in [0.05, 0.1) is 10.5 Å². The van der Waals surface area contributed by atoms with Gasteiger partial charge in [-0.1, -0.05) is 18.2 Å². The zero-order valence-corrected chi connectivity index (χ0v) is 14.5. The van der Waals surface area contributed by atoms with Crippen molar-refractivity contribution in [2.45, 2.75) is 23.5 Å². The van der Waals surface area contributed by atoms with Gasteiger partial charge in [0.1, 0.15) is 0 Å². The van der Waals surface area contributed by atoms with Crippen LogP contribution in [0.4, 0.5) is 24.5 Å². The smallest absolute Gasteiger partial charge is 0.380 e. The average molecular weight is 385 g/mol. The topological polar surface area (TPSA) is 75.4 Å². The van der Waals surface area contributed by atoms with Crippen LogP contribution in [0.2, 0.25) is 0 Å². The van der Waals surface area contributed by atoms with E-state index in [9.17, 15) is 21.6 Å². The molecule has 0 aliphatic carbocycles. The van der Waals surface area contributed by atoms with Crippen LogP contribution in [0.1, 0.15) is 12.0 Å². The van der Waals surface area contributed by atoms with Crippen molar-refractivity contribution in [3.05, 3.63) is 54.1 Å². The Balaban J connectivity index is 1.82. The predicted octanol–water partition coefficient (Wildman–Crippen LogP) is 3.04. The number of hydrogen-bond acceptors (Lipinski definition) is 4. The van der Waals surface area contributed by atoms with Crippen LogP contribution in [0.15, 0.2) is 53.4 Å². The summed E-state index contributed by atoms with van der Waals surface area (Å²) < 4.78 is 62.7. The molecule has 1 saturated heterocycles. The summed E-state index contributed by atoms with van der Waals surface area (Å²) in [5.41, 5.74) is 0.0268. The number of rotatable bonds is 4. The van der Waals surface area contributed by atoms with E-state index in [2.05, 4.69) is 5.32 Å². The molecule has 3 N–H and O–H groups in total. The second kappa shape index (κ2) is 6.81. The highest BCUT2D eigenvalue weighted by atomic mass is 32.2. The van der Waals surface area contributed by atoms with Crippen molar-refractivity contribution in [1.82, 2.24) is 0 Å². The standard InChI is InChI=1S/C17H18F3N3O2S/c18-17(19,20)15-10-14(6-7-16(15)26(21,24)25)23-9-8-13(11-23)22-12-4-2-1-3-5-12/h1-7,10,13,22H,8-9,11H2,(H2,21,24,25). The fourth-order valence-electron chi connectivity index (χ4n) is 3.07. The van der Waals surface area contributed by atoms with Gasteiger partial charge >= 0.3 is 6.18 Å². The molecule has 0 spiro atoms. The molecule has 5 nitrogen and oxygen atoms in total. The third-order valence-electron chi connectivity index (χ3n) is 4.27.